The normalized spacial score (nSPS) is 27.3. The Morgan fingerprint density at radius 1 is 1.41 bits per heavy atom. The van der Waals surface area contributed by atoms with Crippen molar-refractivity contribution in [2.75, 3.05) is 12.8 Å². The van der Waals surface area contributed by atoms with E-state index in [1.54, 1.807) is 12.1 Å². The van der Waals surface area contributed by atoms with Gasteiger partial charge in [0, 0.05) is 12.1 Å². The molecule has 2 fully saturated rings. The summed E-state index contributed by atoms with van der Waals surface area (Å²) >= 11 is 6.06. The quantitative estimate of drug-likeness (QED) is 0.747. The summed E-state index contributed by atoms with van der Waals surface area (Å²) in [6.45, 7) is 0. The van der Waals surface area contributed by atoms with Gasteiger partial charge in [-0.2, -0.15) is 0 Å². The van der Waals surface area contributed by atoms with E-state index < -0.39 is 0 Å². The van der Waals surface area contributed by atoms with Gasteiger partial charge in [0.25, 0.3) is 5.91 Å². The Bertz CT molecular complexity index is 581. The Balaban J connectivity index is 1.84. The fourth-order valence-electron chi connectivity index (χ4n) is 3.61. The number of carbonyl (C=O) groups is 1. The molecule has 1 aromatic carbocycles. The zero-order valence-corrected chi connectivity index (χ0v) is 13.5. The highest BCUT2D eigenvalue weighted by Crippen LogP contribution is 2.34. The van der Waals surface area contributed by atoms with Crippen LogP contribution < -0.4 is 21.1 Å². The molecule has 5 nitrogen and oxygen atoms in total. The first-order valence-electron chi connectivity index (χ1n) is 7.76. The topological polar surface area (TPSA) is 76.4 Å². The molecule has 1 amide bonds. The van der Waals surface area contributed by atoms with Crippen LogP contribution in [0.25, 0.3) is 0 Å². The van der Waals surface area contributed by atoms with Gasteiger partial charge in [-0.3, -0.25) is 10.1 Å². The first kappa shape index (κ1) is 15.4. The van der Waals surface area contributed by atoms with Crippen molar-refractivity contribution >= 4 is 23.2 Å². The number of halogens is 1. The Labute approximate surface area is 135 Å². The SMILES string of the molecule is COc1cc(N)c(Cl)cc1C(=O)NC12CCCC(CCC1)N2. The maximum Gasteiger partial charge on any atom is 0.256 e. The first-order valence-corrected chi connectivity index (χ1v) is 8.14. The van der Waals surface area contributed by atoms with E-state index in [4.69, 9.17) is 22.1 Å². The van der Waals surface area contributed by atoms with Gasteiger partial charge in [-0.1, -0.05) is 11.6 Å². The minimum Gasteiger partial charge on any atom is -0.496 e. The number of piperidine rings is 2. The maximum absolute atomic E-state index is 12.7. The van der Waals surface area contributed by atoms with Crippen LogP contribution in [0.3, 0.4) is 0 Å². The molecule has 0 unspecified atom stereocenters. The van der Waals surface area contributed by atoms with E-state index in [-0.39, 0.29) is 11.6 Å². The number of fused-ring (bicyclic) bond motifs is 2. The summed E-state index contributed by atoms with van der Waals surface area (Å²) < 4.78 is 5.27. The van der Waals surface area contributed by atoms with Crippen molar-refractivity contribution < 1.29 is 9.53 Å². The van der Waals surface area contributed by atoms with Gasteiger partial charge >= 0.3 is 0 Å². The molecule has 22 heavy (non-hydrogen) atoms. The molecule has 0 spiro atoms. The van der Waals surface area contributed by atoms with Crippen LogP contribution in [-0.4, -0.2) is 24.7 Å². The lowest BCUT2D eigenvalue weighted by atomic mass is 9.82. The highest BCUT2D eigenvalue weighted by atomic mass is 35.5. The number of benzene rings is 1. The van der Waals surface area contributed by atoms with E-state index in [9.17, 15) is 4.79 Å². The summed E-state index contributed by atoms with van der Waals surface area (Å²) in [6, 6.07) is 3.68. The van der Waals surface area contributed by atoms with Crippen LogP contribution in [0.1, 0.15) is 48.9 Å². The van der Waals surface area contributed by atoms with Crippen LogP contribution in [0.15, 0.2) is 12.1 Å². The van der Waals surface area contributed by atoms with Crippen LogP contribution in [0, 0.1) is 0 Å². The summed E-state index contributed by atoms with van der Waals surface area (Å²) in [5, 5.41) is 7.13. The van der Waals surface area contributed by atoms with Gasteiger partial charge in [-0.25, -0.2) is 0 Å². The van der Waals surface area contributed by atoms with Crippen LogP contribution in [0.5, 0.6) is 5.75 Å². The molecule has 0 aromatic heterocycles. The minimum atomic E-state index is -0.295. The number of hydrogen-bond donors (Lipinski definition) is 3. The minimum absolute atomic E-state index is 0.172. The third-order valence-electron chi connectivity index (χ3n) is 4.71. The van der Waals surface area contributed by atoms with Crippen molar-refractivity contribution in [2.45, 2.75) is 50.2 Å². The summed E-state index contributed by atoms with van der Waals surface area (Å²) in [5.74, 6) is 0.271. The zero-order chi connectivity index (χ0) is 15.7. The predicted molar refractivity (Wildman–Crippen MR) is 87.2 cm³/mol. The zero-order valence-electron chi connectivity index (χ0n) is 12.7. The van der Waals surface area contributed by atoms with Crippen molar-refractivity contribution in [1.29, 1.82) is 0 Å². The second-order valence-corrected chi connectivity index (χ2v) is 6.64. The summed E-state index contributed by atoms with van der Waals surface area (Å²) in [4.78, 5) is 12.7. The molecule has 2 saturated heterocycles. The number of methoxy groups -OCH3 is 1. The molecule has 2 heterocycles. The lowest BCUT2D eigenvalue weighted by Gasteiger charge is -2.47. The lowest BCUT2D eigenvalue weighted by Crippen LogP contribution is -2.65. The van der Waals surface area contributed by atoms with E-state index in [0.29, 0.717) is 28.1 Å². The maximum atomic E-state index is 12.7. The summed E-state index contributed by atoms with van der Waals surface area (Å²) in [5.41, 5.74) is 6.30. The van der Waals surface area contributed by atoms with Gasteiger partial charge in [0.1, 0.15) is 5.75 Å². The monoisotopic (exact) mass is 323 g/mol. The Morgan fingerprint density at radius 2 is 2.09 bits per heavy atom. The summed E-state index contributed by atoms with van der Waals surface area (Å²) in [6.07, 6.45) is 6.57. The van der Waals surface area contributed by atoms with Crippen LogP contribution >= 0.6 is 11.6 Å². The Kier molecular flexibility index (Phi) is 4.19. The fraction of sp³-hybridized carbons (Fsp3) is 0.562. The third-order valence-corrected chi connectivity index (χ3v) is 5.04. The van der Waals surface area contributed by atoms with E-state index >= 15 is 0 Å². The number of nitrogens with one attached hydrogen (secondary N) is 2. The molecule has 0 radical (unpaired) electrons. The van der Waals surface area contributed by atoms with E-state index in [1.807, 2.05) is 0 Å². The number of amides is 1. The molecule has 2 aliphatic heterocycles. The molecule has 4 N–H and O–H groups in total. The number of anilines is 1. The third kappa shape index (κ3) is 2.88. The van der Waals surface area contributed by atoms with Crippen molar-refractivity contribution in [3.05, 3.63) is 22.7 Å². The van der Waals surface area contributed by atoms with Crippen LogP contribution in [0.4, 0.5) is 5.69 Å². The highest BCUT2D eigenvalue weighted by molar-refractivity contribution is 6.33. The number of nitrogen functional groups attached to an aromatic ring is 1. The Hall–Kier alpha value is -1.46. The van der Waals surface area contributed by atoms with E-state index in [0.717, 1.165) is 25.7 Å². The van der Waals surface area contributed by atoms with Crippen molar-refractivity contribution in [1.82, 2.24) is 10.6 Å². The van der Waals surface area contributed by atoms with Crippen molar-refractivity contribution in [3.8, 4) is 5.75 Å². The molecule has 120 valence electrons. The molecule has 2 aliphatic rings. The molecular weight excluding hydrogens is 302 g/mol. The largest absolute Gasteiger partial charge is 0.496 e. The van der Waals surface area contributed by atoms with Gasteiger partial charge < -0.3 is 15.8 Å². The fourth-order valence-corrected chi connectivity index (χ4v) is 3.77. The molecule has 3 rings (SSSR count). The average Bonchev–Trinajstić information content (AvgIpc) is 2.49. The number of rotatable bonds is 3. The highest BCUT2D eigenvalue weighted by Gasteiger charge is 2.40. The standard InChI is InChI=1S/C16H22ClN3O2/c1-22-14-9-13(18)12(17)8-11(14)15(21)20-16-6-2-4-10(19-16)5-3-7-16/h8-10,19H,2-7,18H2,1H3,(H,20,21). The van der Waals surface area contributed by atoms with Crippen molar-refractivity contribution in [2.24, 2.45) is 0 Å². The number of carbonyl (C=O) groups excluding carboxylic acids is 1. The molecule has 2 bridgehead atoms. The van der Waals surface area contributed by atoms with Gasteiger partial charge in [-0.05, 0) is 44.6 Å². The van der Waals surface area contributed by atoms with Crippen molar-refractivity contribution in [3.63, 3.8) is 0 Å². The second kappa shape index (κ2) is 5.97. The number of nitrogens with two attached hydrogens (primary N) is 1. The van der Waals surface area contributed by atoms with Gasteiger partial charge in [0.2, 0.25) is 0 Å². The Morgan fingerprint density at radius 3 is 2.73 bits per heavy atom. The number of ether oxygens (including phenoxy) is 1. The van der Waals surface area contributed by atoms with Crippen LogP contribution in [-0.2, 0) is 0 Å². The predicted octanol–water partition coefficient (Wildman–Crippen LogP) is 2.68. The molecular formula is C16H22ClN3O2. The number of hydrogen-bond acceptors (Lipinski definition) is 4. The van der Waals surface area contributed by atoms with Gasteiger partial charge in [0.05, 0.1) is 29.0 Å². The molecule has 0 aliphatic carbocycles. The molecule has 1 aromatic rings. The molecule has 6 heteroatoms. The average molecular weight is 324 g/mol. The molecule has 0 saturated carbocycles. The van der Waals surface area contributed by atoms with E-state index in [1.165, 1.54) is 20.0 Å². The summed E-state index contributed by atoms with van der Waals surface area (Å²) in [7, 11) is 1.52. The first-order chi connectivity index (χ1) is 10.5. The lowest BCUT2D eigenvalue weighted by molar-refractivity contribution is 0.0707. The second-order valence-electron chi connectivity index (χ2n) is 6.24. The van der Waals surface area contributed by atoms with Gasteiger partial charge in [-0.15, -0.1) is 0 Å². The van der Waals surface area contributed by atoms with E-state index in [2.05, 4.69) is 10.6 Å². The smallest absolute Gasteiger partial charge is 0.256 e. The van der Waals surface area contributed by atoms with Gasteiger partial charge in [0.15, 0.2) is 0 Å². The molecule has 0 atom stereocenters. The van der Waals surface area contributed by atoms with Crippen LogP contribution in [0.2, 0.25) is 5.02 Å².